The van der Waals surface area contributed by atoms with Crippen LogP contribution in [0.4, 0.5) is 5.82 Å². The molecule has 5 nitrogen and oxygen atoms in total. The summed E-state index contributed by atoms with van der Waals surface area (Å²) >= 11 is 0. The zero-order valence-corrected chi connectivity index (χ0v) is 13.2. The highest BCUT2D eigenvalue weighted by atomic mass is 16.1. The number of rotatable bonds is 2. The Labute approximate surface area is 133 Å². The van der Waals surface area contributed by atoms with Gasteiger partial charge in [-0.05, 0) is 56.0 Å². The summed E-state index contributed by atoms with van der Waals surface area (Å²) in [5.41, 5.74) is 10.2. The Hall–Kier alpha value is -2.69. The molecule has 0 saturated heterocycles. The molecule has 1 aliphatic carbocycles. The van der Waals surface area contributed by atoms with Gasteiger partial charge < -0.3 is 5.73 Å². The van der Waals surface area contributed by atoms with Crippen molar-refractivity contribution < 1.29 is 0 Å². The molecule has 2 aromatic heterocycles. The zero-order valence-electron chi connectivity index (χ0n) is 13.2. The first-order chi connectivity index (χ1) is 11.1. The minimum absolute atomic E-state index is 0.237. The Kier molecular flexibility index (Phi) is 2.98. The summed E-state index contributed by atoms with van der Waals surface area (Å²) in [6, 6.07) is 9.82. The van der Waals surface area contributed by atoms with Gasteiger partial charge in [-0.25, -0.2) is 14.3 Å². The minimum atomic E-state index is -0.385. The lowest BCUT2D eigenvalue weighted by Crippen LogP contribution is -2.24. The summed E-state index contributed by atoms with van der Waals surface area (Å²) in [7, 11) is 0. The molecule has 1 aliphatic rings. The lowest BCUT2D eigenvalue weighted by molar-refractivity contribution is 0.918. The largest absolute Gasteiger partial charge is 0.383 e. The third kappa shape index (κ3) is 2.20. The van der Waals surface area contributed by atoms with Gasteiger partial charge in [0.1, 0.15) is 5.82 Å². The van der Waals surface area contributed by atoms with Crippen molar-refractivity contribution >= 4 is 16.9 Å². The van der Waals surface area contributed by atoms with Gasteiger partial charge in [-0.15, -0.1) is 0 Å². The third-order valence-corrected chi connectivity index (χ3v) is 4.60. The molecule has 0 unspecified atom stereocenters. The van der Waals surface area contributed by atoms with Crippen LogP contribution in [-0.4, -0.2) is 14.5 Å². The Bertz CT molecular complexity index is 986. The lowest BCUT2D eigenvalue weighted by Gasteiger charge is -2.14. The van der Waals surface area contributed by atoms with Gasteiger partial charge >= 0.3 is 5.69 Å². The summed E-state index contributed by atoms with van der Waals surface area (Å²) in [5.74, 6) is 0.748. The number of hydrogen-bond acceptors (Lipinski definition) is 4. The lowest BCUT2D eigenvalue weighted by atomic mass is 10.1. The molecule has 1 fully saturated rings. The number of nitrogens with two attached hydrogens (primary N) is 1. The first-order valence-electron chi connectivity index (χ1n) is 7.82. The molecule has 1 saturated carbocycles. The van der Waals surface area contributed by atoms with E-state index in [0.717, 1.165) is 40.7 Å². The first-order valence-corrected chi connectivity index (χ1v) is 7.82. The number of anilines is 1. The second kappa shape index (κ2) is 4.91. The number of hydrogen-bond donors (Lipinski definition) is 1. The van der Waals surface area contributed by atoms with Crippen LogP contribution in [0, 0.1) is 13.8 Å². The number of aromatic nitrogens is 3. The van der Waals surface area contributed by atoms with Gasteiger partial charge in [-0.3, -0.25) is 0 Å². The average molecular weight is 306 g/mol. The van der Waals surface area contributed by atoms with E-state index in [2.05, 4.69) is 4.98 Å². The van der Waals surface area contributed by atoms with Crippen molar-refractivity contribution in [1.29, 1.82) is 0 Å². The van der Waals surface area contributed by atoms with Crippen LogP contribution in [0.1, 0.15) is 35.6 Å². The molecule has 0 amide bonds. The molecule has 5 heteroatoms. The van der Waals surface area contributed by atoms with E-state index in [0.29, 0.717) is 11.6 Å². The minimum Gasteiger partial charge on any atom is -0.383 e. The molecular weight excluding hydrogens is 288 g/mol. The standard InChI is InChI=1S/C18H18N4O/c1-10-4-3-5-15(11(10)2)22-17-13(16(19)21-18(22)23)8-9-14(20-17)12-6-7-12/h3-5,8-9,12H,6-7H2,1-2H3,(H2,19,21,23). The molecule has 2 heterocycles. The Morgan fingerprint density at radius 2 is 1.91 bits per heavy atom. The molecule has 0 radical (unpaired) electrons. The van der Waals surface area contributed by atoms with E-state index in [1.807, 2.05) is 44.2 Å². The van der Waals surface area contributed by atoms with Crippen LogP contribution >= 0.6 is 0 Å². The van der Waals surface area contributed by atoms with Crippen LogP contribution < -0.4 is 11.4 Å². The van der Waals surface area contributed by atoms with Crippen molar-refractivity contribution in [3.63, 3.8) is 0 Å². The smallest absolute Gasteiger partial charge is 0.355 e. The van der Waals surface area contributed by atoms with Crippen molar-refractivity contribution in [2.45, 2.75) is 32.6 Å². The van der Waals surface area contributed by atoms with E-state index in [-0.39, 0.29) is 11.5 Å². The van der Waals surface area contributed by atoms with E-state index < -0.39 is 0 Å². The van der Waals surface area contributed by atoms with Crippen LogP contribution in [0.3, 0.4) is 0 Å². The molecule has 23 heavy (non-hydrogen) atoms. The second-order valence-electron chi connectivity index (χ2n) is 6.22. The molecule has 0 aliphatic heterocycles. The fourth-order valence-electron chi connectivity index (χ4n) is 2.94. The number of benzene rings is 1. The van der Waals surface area contributed by atoms with Crippen molar-refractivity contribution in [3.05, 3.63) is 57.6 Å². The Balaban J connectivity index is 2.10. The summed E-state index contributed by atoms with van der Waals surface area (Å²) in [6.45, 7) is 4.03. The summed E-state index contributed by atoms with van der Waals surface area (Å²) in [6.07, 6.45) is 2.32. The predicted molar refractivity (Wildman–Crippen MR) is 91.0 cm³/mol. The number of fused-ring (bicyclic) bond motifs is 1. The Morgan fingerprint density at radius 3 is 2.65 bits per heavy atom. The molecule has 0 bridgehead atoms. The van der Waals surface area contributed by atoms with Crippen molar-refractivity contribution in [2.24, 2.45) is 0 Å². The van der Waals surface area contributed by atoms with E-state index in [1.54, 1.807) is 4.57 Å². The van der Waals surface area contributed by atoms with E-state index >= 15 is 0 Å². The number of nitrogens with zero attached hydrogens (tertiary/aromatic N) is 3. The highest BCUT2D eigenvalue weighted by molar-refractivity contribution is 5.86. The Morgan fingerprint density at radius 1 is 1.13 bits per heavy atom. The van der Waals surface area contributed by atoms with E-state index in [4.69, 9.17) is 10.7 Å². The average Bonchev–Trinajstić information content (AvgIpc) is 3.35. The first kappa shape index (κ1) is 13.9. The van der Waals surface area contributed by atoms with Crippen LogP contribution in [0.5, 0.6) is 0 Å². The van der Waals surface area contributed by atoms with Gasteiger partial charge in [0.15, 0.2) is 5.65 Å². The zero-order chi connectivity index (χ0) is 16.1. The molecule has 2 N–H and O–H groups in total. The van der Waals surface area contributed by atoms with Crippen molar-refractivity contribution in [2.75, 3.05) is 5.73 Å². The van der Waals surface area contributed by atoms with E-state index in [1.165, 1.54) is 0 Å². The maximum Gasteiger partial charge on any atom is 0.355 e. The molecule has 116 valence electrons. The molecule has 3 aromatic rings. The summed E-state index contributed by atoms with van der Waals surface area (Å²) in [4.78, 5) is 21.3. The van der Waals surface area contributed by atoms with Crippen molar-refractivity contribution in [1.82, 2.24) is 14.5 Å². The van der Waals surface area contributed by atoms with Gasteiger partial charge in [-0.2, -0.15) is 4.98 Å². The maximum absolute atomic E-state index is 12.5. The second-order valence-corrected chi connectivity index (χ2v) is 6.22. The number of pyridine rings is 1. The number of nitrogen functional groups attached to an aromatic ring is 1. The topological polar surface area (TPSA) is 73.8 Å². The van der Waals surface area contributed by atoms with E-state index in [9.17, 15) is 4.79 Å². The third-order valence-electron chi connectivity index (χ3n) is 4.60. The molecule has 0 atom stereocenters. The SMILES string of the molecule is Cc1cccc(-n2c(=O)nc(N)c3ccc(C4CC4)nc32)c1C. The summed E-state index contributed by atoms with van der Waals surface area (Å²) in [5, 5.41) is 0.718. The summed E-state index contributed by atoms with van der Waals surface area (Å²) < 4.78 is 1.58. The van der Waals surface area contributed by atoms with Gasteiger partial charge in [0.25, 0.3) is 0 Å². The van der Waals surface area contributed by atoms with Gasteiger partial charge in [-0.1, -0.05) is 12.1 Å². The predicted octanol–water partition coefficient (Wildman–Crippen LogP) is 2.86. The number of aryl methyl sites for hydroxylation is 1. The van der Waals surface area contributed by atoms with Gasteiger partial charge in [0.05, 0.1) is 11.1 Å². The van der Waals surface area contributed by atoms with Crippen LogP contribution in [0.25, 0.3) is 16.7 Å². The maximum atomic E-state index is 12.5. The molecule has 4 rings (SSSR count). The van der Waals surface area contributed by atoms with Crippen LogP contribution in [-0.2, 0) is 0 Å². The van der Waals surface area contributed by atoms with Crippen LogP contribution in [0.2, 0.25) is 0 Å². The highest BCUT2D eigenvalue weighted by Crippen LogP contribution is 2.39. The normalized spacial score (nSPS) is 14.3. The highest BCUT2D eigenvalue weighted by Gasteiger charge is 2.26. The molecular formula is C18H18N4O. The van der Waals surface area contributed by atoms with Crippen molar-refractivity contribution in [3.8, 4) is 5.69 Å². The quantitative estimate of drug-likeness (QED) is 0.790. The fourth-order valence-corrected chi connectivity index (χ4v) is 2.94. The van der Waals surface area contributed by atoms with Gasteiger partial charge in [0.2, 0.25) is 0 Å². The molecule has 0 spiro atoms. The fraction of sp³-hybridized carbons (Fsp3) is 0.278. The van der Waals surface area contributed by atoms with Crippen LogP contribution in [0.15, 0.2) is 35.1 Å². The molecule has 1 aromatic carbocycles. The van der Waals surface area contributed by atoms with Gasteiger partial charge in [0, 0.05) is 11.6 Å². The monoisotopic (exact) mass is 306 g/mol.